The second kappa shape index (κ2) is 7.34. The van der Waals surface area contributed by atoms with E-state index in [1.807, 2.05) is 12.4 Å². The van der Waals surface area contributed by atoms with Crippen LogP contribution < -0.4 is 5.32 Å². The van der Waals surface area contributed by atoms with Gasteiger partial charge in [0.15, 0.2) is 0 Å². The molecule has 1 aromatic carbocycles. The topological polar surface area (TPSA) is 28.2 Å². The summed E-state index contributed by atoms with van der Waals surface area (Å²) in [5.41, 5.74) is 2.72. The highest BCUT2D eigenvalue weighted by molar-refractivity contribution is 5.14. The molecule has 0 bridgehead atoms. The largest absolute Gasteiger partial charge is 0.309 e. The van der Waals surface area contributed by atoms with Crippen molar-refractivity contribution in [1.82, 2.24) is 15.2 Å². The van der Waals surface area contributed by atoms with Gasteiger partial charge in [0.05, 0.1) is 0 Å². The van der Waals surface area contributed by atoms with Crippen LogP contribution in [0.15, 0.2) is 54.9 Å². The van der Waals surface area contributed by atoms with Crippen LogP contribution in [0.1, 0.15) is 24.0 Å². The van der Waals surface area contributed by atoms with Crippen LogP contribution in [0.2, 0.25) is 0 Å². The van der Waals surface area contributed by atoms with Crippen molar-refractivity contribution in [3.05, 3.63) is 66.0 Å². The minimum absolute atomic E-state index is 0.593. The predicted octanol–water partition coefficient (Wildman–Crippen LogP) is 2.84. The molecule has 0 saturated carbocycles. The van der Waals surface area contributed by atoms with Gasteiger partial charge in [0.25, 0.3) is 0 Å². The third-order valence-electron chi connectivity index (χ3n) is 4.10. The quantitative estimate of drug-likeness (QED) is 0.913. The molecule has 0 aliphatic carbocycles. The molecule has 1 aliphatic rings. The van der Waals surface area contributed by atoms with Crippen LogP contribution in [0, 0.1) is 0 Å². The zero-order valence-electron chi connectivity index (χ0n) is 12.4. The highest BCUT2D eigenvalue weighted by Gasteiger charge is 2.19. The molecule has 2 aromatic rings. The van der Waals surface area contributed by atoms with Gasteiger partial charge in [0, 0.05) is 38.1 Å². The fourth-order valence-corrected chi connectivity index (χ4v) is 2.97. The summed E-state index contributed by atoms with van der Waals surface area (Å²) in [5.74, 6) is 0. The average Bonchev–Trinajstić information content (AvgIpc) is 2.55. The predicted molar refractivity (Wildman–Crippen MR) is 85.8 cm³/mol. The molecule has 110 valence electrons. The van der Waals surface area contributed by atoms with E-state index in [2.05, 4.69) is 57.7 Å². The summed E-state index contributed by atoms with van der Waals surface area (Å²) in [6.45, 7) is 4.35. The Balaban J connectivity index is 1.49. The molecule has 0 spiro atoms. The molecule has 3 rings (SSSR count). The van der Waals surface area contributed by atoms with Crippen molar-refractivity contribution in [2.75, 3.05) is 13.1 Å². The number of piperidine rings is 1. The maximum Gasteiger partial charge on any atom is 0.0271 e. The van der Waals surface area contributed by atoms with Crippen LogP contribution >= 0.6 is 0 Å². The molecule has 21 heavy (non-hydrogen) atoms. The summed E-state index contributed by atoms with van der Waals surface area (Å²) >= 11 is 0. The SMILES string of the molecule is c1ccc(CN2CCCC(NCc3ccncc3)C2)cc1. The molecule has 1 aliphatic heterocycles. The number of hydrogen-bond acceptors (Lipinski definition) is 3. The molecule has 1 fully saturated rings. The Morgan fingerprint density at radius 1 is 1.05 bits per heavy atom. The van der Waals surface area contributed by atoms with E-state index in [-0.39, 0.29) is 0 Å². The Morgan fingerprint density at radius 2 is 1.86 bits per heavy atom. The van der Waals surface area contributed by atoms with Crippen LogP contribution in [0.25, 0.3) is 0 Å². The summed E-state index contributed by atoms with van der Waals surface area (Å²) in [4.78, 5) is 6.62. The van der Waals surface area contributed by atoms with Gasteiger partial charge in [0.2, 0.25) is 0 Å². The monoisotopic (exact) mass is 281 g/mol. The molecule has 1 N–H and O–H groups in total. The second-order valence-corrected chi connectivity index (χ2v) is 5.80. The van der Waals surface area contributed by atoms with Crippen LogP contribution in [0.4, 0.5) is 0 Å². The van der Waals surface area contributed by atoms with Crippen LogP contribution in [-0.2, 0) is 13.1 Å². The van der Waals surface area contributed by atoms with E-state index >= 15 is 0 Å². The van der Waals surface area contributed by atoms with Gasteiger partial charge < -0.3 is 5.32 Å². The fourth-order valence-electron chi connectivity index (χ4n) is 2.97. The first kappa shape index (κ1) is 14.2. The van der Waals surface area contributed by atoms with E-state index in [1.165, 1.54) is 30.5 Å². The molecule has 0 amide bonds. The van der Waals surface area contributed by atoms with E-state index < -0.39 is 0 Å². The van der Waals surface area contributed by atoms with Crippen molar-refractivity contribution in [2.45, 2.75) is 32.0 Å². The zero-order chi connectivity index (χ0) is 14.3. The summed E-state index contributed by atoms with van der Waals surface area (Å²) < 4.78 is 0. The average molecular weight is 281 g/mol. The lowest BCUT2D eigenvalue weighted by Gasteiger charge is -2.33. The highest BCUT2D eigenvalue weighted by Crippen LogP contribution is 2.14. The van der Waals surface area contributed by atoms with Gasteiger partial charge in [-0.3, -0.25) is 9.88 Å². The number of hydrogen-bond donors (Lipinski definition) is 1. The van der Waals surface area contributed by atoms with Crippen molar-refractivity contribution >= 4 is 0 Å². The Bertz CT molecular complexity index is 527. The summed E-state index contributed by atoms with van der Waals surface area (Å²) in [7, 11) is 0. The molecule has 1 aromatic heterocycles. The number of nitrogens with zero attached hydrogens (tertiary/aromatic N) is 2. The number of pyridine rings is 1. The maximum atomic E-state index is 4.06. The minimum atomic E-state index is 0.593. The Morgan fingerprint density at radius 3 is 2.67 bits per heavy atom. The van der Waals surface area contributed by atoms with Gasteiger partial charge in [-0.25, -0.2) is 0 Å². The lowest BCUT2D eigenvalue weighted by molar-refractivity contribution is 0.182. The first-order chi connectivity index (χ1) is 10.4. The molecular weight excluding hydrogens is 258 g/mol. The third-order valence-corrected chi connectivity index (χ3v) is 4.10. The number of aromatic nitrogens is 1. The van der Waals surface area contributed by atoms with Crippen molar-refractivity contribution in [1.29, 1.82) is 0 Å². The molecular formula is C18H23N3. The molecule has 3 heteroatoms. The van der Waals surface area contributed by atoms with Gasteiger partial charge in [-0.1, -0.05) is 30.3 Å². The normalized spacial score (nSPS) is 19.5. The molecule has 2 heterocycles. The summed E-state index contributed by atoms with van der Waals surface area (Å²) in [6.07, 6.45) is 6.27. The van der Waals surface area contributed by atoms with E-state index in [1.54, 1.807) is 0 Å². The molecule has 1 saturated heterocycles. The van der Waals surface area contributed by atoms with Crippen molar-refractivity contribution in [2.24, 2.45) is 0 Å². The van der Waals surface area contributed by atoms with Crippen molar-refractivity contribution in [3.8, 4) is 0 Å². The van der Waals surface area contributed by atoms with Gasteiger partial charge >= 0.3 is 0 Å². The highest BCUT2D eigenvalue weighted by atomic mass is 15.2. The standard InChI is InChI=1S/C18H23N3/c1-2-5-17(6-3-1)14-21-12-4-7-18(15-21)20-13-16-8-10-19-11-9-16/h1-3,5-6,8-11,18,20H,4,7,12-15H2. The van der Waals surface area contributed by atoms with Crippen molar-refractivity contribution in [3.63, 3.8) is 0 Å². The van der Waals surface area contributed by atoms with Crippen LogP contribution in [0.3, 0.4) is 0 Å². The summed E-state index contributed by atoms with van der Waals surface area (Å²) in [5, 5.41) is 3.68. The third kappa shape index (κ3) is 4.38. The fraction of sp³-hybridized carbons (Fsp3) is 0.389. The Kier molecular flexibility index (Phi) is 4.98. The van der Waals surface area contributed by atoms with E-state index in [4.69, 9.17) is 0 Å². The minimum Gasteiger partial charge on any atom is -0.309 e. The van der Waals surface area contributed by atoms with Gasteiger partial charge in [-0.05, 0) is 42.6 Å². The maximum absolute atomic E-state index is 4.06. The molecule has 0 radical (unpaired) electrons. The molecule has 3 nitrogen and oxygen atoms in total. The molecule has 1 atom stereocenters. The number of benzene rings is 1. The number of rotatable bonds is 5. The second-order valence-electron chi connectivity index (χ2n) is 5.80. The Labute approximate surface area is 127 Å². The van der Waals surface area contributed by atoms with Gasteiger partial charge in [0.1, 0.15) is 0 Å². The van der Waals surface area contributed by atoms with Crippen LogP contribution in [-0.4, -0.2) is 29.0 Å². The zero-order valence-corrected chi connectivity index (χ0v) is 12.4. The van der Waals surface area contributed by atoms with Crippen LogP contribution in [0.5, 0.6) is 0 Å². The first-order valence-corrected chi connectivity index (χ1v) is 7.79. The summed E-state index contributed by atoms with van der Waals surface area (Å²) in [6, 6.07) is 15.5. The van der Waals surface area contributed by atoms with Gasteiger partial charge in [-0.15, -0.1) is 0 Å². The van der Waals surface area contributed by atoms with Crippen molar-refractivity contribution < 1.29 is 0 Å². The Hall–Kier alpha value is -1.71. The lowest BCUT2D eigenvalue weighted by atomic mass is 10.0. The number of likely N-dealkylation sites (tertiary alicyclic amines) is 1. The molecule has 1 unspecified atom stereocenters. The van der Waals surface area contributed by atoms with Gasteiger partial charge in [-0.2, -0.15) is 0 Å². The van der Waals surface area contributed by atoms with E-state index in [0.29, 0.717) is 6.04 Å². The smallest absolute Gasteiger partial charge is 0.0271 e. The number of nitrogens with one attached hydrogen (secondary N) is 1. The lowest BCUT2D eigenvalue weighted by Crippen LogP contribution is -2.45. The van der Waals surface area contributed by atoms with E-state index in [9.17, 15) is 0 Å². The van der Waals surface area contributed by atoms with E-state index in [0.717, 1.165) is 19.6 Å². The first-order valence-electron chi connectivity index (χ1n) is 7.79.